The summed E-state index contributed by atoms with van der Waals surface area (Å²) in [5.41, 5.74) is -0.0425. The molecule has 1 rings (SSSR count). The van der Waals surface area contributed by atoms with Crippen molar-refractivity contribution in [2.75, 3.05) is 13.7 Å². The first kappa shape index (κ1) is 16.8. The molecule has 0 spiro atoms. The third-order valence-corrected chi connectivity index (χ3v) is 3.16. The molecule has 1 aromatic carbocycles. The molecule has 0 saturated heterocycles. The molecule has 0 aliphatic carbocycles. The molecule has 0 aromatic heterocycles. The maximum atomic E-state index is 11.7. The van der Waals surface area contributed by atoms with Crippen molar-refractivity contribution in [1.29, 1.82) is 0 Å². The number of methoxy groups -OCH3 is 1. The van der Waals surface area contributed by atoms with Crippen molar-refractivity contribution in [3.8, 4) is 11.5 Å². The predicted octanol–water partition coefficient (Wildman–Crippen LogP) is 1.93. The van der Waals surface area contributed by atoms with Crippen LogP contribution in [0, 0.1) is 5.92 Å². The fraction of sp³-hybridized carbons (Fsp3) is 0.467. The number of amides is 1. The van der Waals surface area contributed by atoms with E-state index in [1.54, 1.807) is 6.07 Å². The molecular formula is C15H21NO5. The molecule has 2 N–H and O–H groups in total. The molecule has 0 heterocycles. The Bertz CT molecular complexity index is 513. The van der Waals surface area contributed by atoms with Crippen LogP contribution in [0.15, 0.2) is 18.2 Å². The third kappa shape index (κ3) is 4.98. The zero-order valence-electron chi connectivity index (χ0n) is 12.7. The van der Waals surface area contributed by atoms with Gasteiger partial charge in [0.1, 0.15) is 17.1 Å². The highest BCUT2D eigenvalue weighted by Crippen LogP contribution is 2.24. The van der Waals surface area contributed by atoms with E-state index in [0.717, 1.165) is 0 Å². The van der Waals surface area contributed by atoms with Crippen LogP contribution >= 0.6 is 0 Å². The fourth-order valence-electron chi connectivity index (χ4n) is 1.53. The lowest BCUT2D eigenvalue weighted by molar-refractivity contribution is -0.124. The van der Waals surface area contributed by atoms with Gasteiger partial charge in [0.2, 0.25) is 0 Å². The number of rotatable bonds is 7. The summed E-state index contributed by atoms with van der Waals surface area (Å²) in [5.74, 6) is -0.569. The standard InChI is InChI=1S/C15H21NO5/c1-9(2)10(3)16-14(17)8-21-13-6-5-11(20-4)7-12(13)15(18)19/h5-7,9-10H,8H2,1-4H3,(H,16,17)(H,18,19). The van der Waals surface area contributed by atoms with Crippen molar-refractivity contribution < 1.29 is 24.2 Å². The molecule has 21 heavy (non-hydrogen) atoms. The molecule has 0 aliphatic heterocycles. The average Bonchev–Trinajstić information content (AvgIpc) is 2.44. The highest BCUT2D eigenvalue weighted by molar-refractivity contribution is 5.91. The van der Waals surface area contributed by atoms with Crippen molar-refractivity contribution in [2.24, 2.45) is 5.92 Å². The predicted molar refractivity (Wildman–Crippen MR) is 77.9 cm³/mol. The van der Waals surface area contributed by atoms with Gasteiger partial charge in [-0.15, -0.1) is 0 Å². The SMILES string of the molecule is COc1ccc(OCC(=O)NC(C)C(C)C)c(C(=O)O)c1. The van der Waals surface area contributed by atoms with Crippen LogP contribution in [0.4, 0.5) is 0 Å². The Labute approximate surface area is 124 Å². The van der Waals surface area contributed by atoms with Crippen molar-refractivity contribution >= 4 is 11.9 Å². The zero-order valence-corrected chi connectivity index (χ0v) is 12.7. The lowest BCUT2D eigenvalue weighted by Crippen LogP contribution is -2.39. The van der Waals surface area contributed by atoms with Crippen molar-refractivity contribution in [1.82, 2.24) is 5.32 Å². The van der Waals surface area contributed by atoms with E-state index in [9.17, 15) is 9.59 Å². The van der Waals surface area contributed by atoms with Crippen molar-refractivity contribution in [3.63, 3.8) is 0 Å². The Kier molecular flexibility index (Phi) is 6.02. The number of hydrogen-bond donors (Lipinski definition) is 2. The molecule has 0 saturated carbocycles. The van der Waals surface area contributed by atoms with Gasteiger partial charge in [0.05, 0.1) is 7.11 Å². The first-order valence-corrected chi connectivity index (χ1v) is 6.68. The quantitative estimate of drug-likeness (QED) is 0.803. The highest BCUT2D eigenvalue weighted by Gasteiger charge is 2.15. The van der Waals surface area contributed by atoms with E-state index < -0.39 is 5.97 Å². The molecule has 0 bridgehead atoms. The van der Waals surface area contributed by atoms with Gasteiger partial charge < -0.3 is 19.9 Å². The van der Waals surface area contributed by atoms with Crippen LogP contribution in [0.25, 0.3) is 0 Å². The second-order valence-corrected chi connectivity index (χ2v) is 5.06. The Morgan fingerprint density at radius 3 is 2.48 bits per heavy atom. The number of carboxylic acid groups (broad SMARTS) is 1. The maximum Gasteiger partial charge on any atom is 0.339 e. The Balaban J connectivity index is 2.71. The second kappa shape index (κ2) is 7.52. The zero-order chi connectivity index (χ0) is 16.0. The minimum absolute atomic E-state index is 0.0240. The van der Waals surface area contributed by atoms with Gasteiger partial charge in [0.25, 0.3) is 5.91 Å². The van der Waals surface area contributed by atoms with Gasteiger partial charge >= 0.3 is 5.97 Å². The molecule has 1 amide bonds. The molecule has 0 fully saturated rings. The number of carboxylic acids is 1. The number of carbonyl (C=O) groups excluding carboxylic acids is 1. The van der Waals surface area contributed by atoms with Gasteiger partial charge in [-0.1, -0.05) is 13.8 Å². The Morgan fingerprint density at radius 2 is 1.95 bits per heavy atom. The lowest BCUT2D eigenvalue weighted by atomic mass is 10.1. The van der Waals surface area contributed by atoms with Gasteiger partial charge in [-0.05, 0) is 31.0 Å². The Morgan fingerprint density at radius 1 is 1.29 bits per heavy atom. The summed E-state index contributed by atoms with van der Waals surface area (Å²) in [4.78, 5) is 22.9. The first-order chi connectivity index (χ1) is 9.85. The summed E-state index contributed by atoms with van der Waals surface area (Å²) < 4.78 is 10.3. The Hall–Kier alpha value is -2.24. The average molecular weight is 295 g/mol. The van der Waals surface area contributed by atoms with E-state index in [-0.39, 0.29) is 29.9 Å². The molecule has 1 atom stereocenters. The molecule has 0 aliphatic rings. The molecule has 6 heteroatoms. The normalized spacial score (nSPS) is 11.9. The topological polar surface area (TPSA) is 84.9 Å². The van der Waals surface area contributed by atoms with Gasteiger partial charge in [-0.2, -0.15) is 0 Å². The van der Waals surface area contributed by atoms with Crippen molar-refractivity contribution in [2.45, 2.75) is 26.8 Å². The molecule has 116 valence electrons. The minimum Gasteiger partial charge on any atom is -0.497 e. The fourth-order valence-corrected chi connectivity index (χ4v) is 1.53. The summed E-state index contributed by atoms with van der Waals surface area (Å²) in [6.45, 7) is 5.66. The van der Waals surface area contributed by atoms with Crippen LogP contribution in [-0.2, 0) is 4.79 Å². The number of ether oxygens (including phenoxy) is 2. The summed E-state index contributed by atoms with van der Waals surface area (Å²) in [6.07, 6.45) is 0. The highest BCUT2D eigenvalue weighted by atomic mass is 16.5. The van der Waals surface area contributed by atoms with Crippen LogP contribution < -0.4 is 14.8 Å². The second-order valence-electron chi connectivity index (χ2n) is 5.06. The van der Waals surface area contributed by atoms with E-state index in [0.29, 0.717) is 11.7 Å². The van der Waals surface area contributed by atoms with Gasteiger partial charge in [-0.3, -0.25) is 4.79 Å². The van der Waals surface area contributed by atoms with E-state index in [1.165, 1.54) is 19.2 Å². The summed E-state index contributed by atoms with van der Waals surface area (Å²) in [7, 11) is 1.45. The number of nitrogens with one attached hydrogen (secondary N) is 1. The van der Waals surface area contributed by atoms with Crippen LogP contribution in [-0.4, -0.2) is 36.7 Å². The van der Waals surface area contributed by atoms with E-state index in [1.807, 2.05) is 20.8 Å². The lowest BCUT2D eigenvalue weighted by Gasteiger charge is -2.17. The van der Waals surface area contributed by atoms with Crippen LogP contribution in [0.3, 0.4) is 0 Å². The van der Waals surface area contributed by atoms with E-state index in [2.05, 4.69) is 5.32 Å². The first-order valence-electron chi connectivity index (χ1n) is 6.68. The van der Waals surface area contributed by atoms with E-state index >= 15 is 0 Å². The minimum atomic E-state index is -1.14. The molecule has 0 radical (unpaired) electrons. The third-order valence-electron chi connectivity index (χ3n) is 3.16. The number of carbonyl (C=O) groups is 2. The van der Waals surface area contributed by atoms with Crippen molar-refractivity contribution in [3.05, 3.63) is 23.8 Å². The van der Waals surface area contributed by atoms with Crippen LogP contribution in [0.5, 0.6) is 11.5 Å². The summed E-state index contributed by atoms with van der Waals surface area (Å²) in [6, 6.07) is 4.43. The number of hydrogen-bond acceptors (Lipinski definition) is 4. The van der Waals surface area contributed by atoms with Gasteiger partial charge in [0.15, 0.2) is 6.61 Å². The van der Waals surface area contributed by atoms with Gasteiger partial charge in [0, 0.05) is 6.04 Å². The molecule has 1 unspecified atom stereocenters. The van der Waals surface area contributed by atoms with Gasteiger partial charge in [-0.25, -0.2) is 4.79 Å². The molecule has 1 aromatic rings. The van der Waals surface area contributed by atoms with E-state index in [4.69, 9.17) is 14.6 Å². The maximum absolute atomic E-state index is 11.7. The van der Waals surface area contributed by atoms with Crippen LogP contribution in [0.1, 0.15) is 31.1 Å². The number of aromatic carboxylic acids is 1. The summed E-state index contributed by atoms with van der Waals surface area (Å²) >= 11 is 0. The largest absolute Gasteiger partial charge is 0.497 e. The number of benzene rings is 1. The molecule has 6 nitrogen and oxygen atoms in total. The smallest absolute Gasteiger partial charge is 0.339 e. The summed E-state index contributed by atoms with van der Waals surface area (Å²) in [5, 5.41) is 11.9. The van der Waals surface area contributed by atoms with Crippen LogP contribution in [0.2, 0.25) is 0 Å². The molecular weight excluding hydrogens is 274 g/mol. The monoisotopic (exact) mass is 295 g/mol.